The fourth-order valence-corrected chi connectivity index (χ4v) is 1.55. The molecule has 0 spiro atoms. The van der Waals surface area contributed by atoms with Gasteiger partial charge in [0.1, 0.15) is 6.04 Å². The largest absolute Gasteiger partial charge is 0.480 e. The van der Waals surface area contributed by atoms with Crippen LogP contribution in [0, 0.1) is 0 Å². The summed E-state index contributed by atoms with van der Waals surface area (Å²) in [5.41, 5.74) is 5.96. The van der Waals surface area contributed by atoms with Gasteiger partial charge in [-0.05, 0) is 18.9 Å². The third kappa shape index (κ3) is 4.51. The van der Waals surface area contributed by atoms with Crippen molar-refractivity contribution in [1.82, 2.24) is 5.32 Å². The van der Waals surface area contributed by atoms with E-state index < -0.39 is 12.0 Å². The molecule has 1 atom stereocenters. The Morgan fingerprint density at radius 2 is 2.05 bits per heavy atom. The highest BCUT2D eigenvalue weighted by molar-refractivity contribution is 6.01. The van der Waals surface area contributed by atoms with Crippen LogP contribution < -0.4 is 11.1 Å². The van der Waals surface area contributed by atoms with Crippen LogP contribution in [0.25, 0.3) is 0 Å². The molecule has 0 heterocycles. The van der Waals surface area contributed by atoms with E-state index in [0.717, 1.165) is 0 Å². The van der Waals surface area contributed by atoms with Crippen molar-refractivity contribution in [3.8, 4) is 0 Å². The number of nitrogens with one attached hydrogen (secondary N) is 1. The van der Waals surface area contributed by atoms with Gasteiger partial charge < -0.3 is 16.2 Å². The molecule has 1 aromatic carbocycles. The van der Waals surface area contributed by atoms with Gasteiger partial charge in [0.05, 0.1) is 0 Å². The molecule has 1 amide bonds. The molecule has 0 fully saturated rings. The molecule has 1 rings (SSSR count). The number of hydrogen-bond acceptors (Lipinski definition) is 4. The smallest absolute Gasteiger partial charge is 0.320 e. The molecule has 6 nitrogen and oxygen atoms in total. The Labute approximate surface area is 110 Å². The second kappa shape index (κ2) is 7.27. The second-order valence-corrected chi connectivity index (χ2v) is 4.05. The molecule has 6 heteroatoms. The van der Waals surface area contributed by atoms with Crippen LogP contribution in [-0.2, 0) is 4.79 Å². The van der Waals surface area contributed by atoms with Crippen molar-refractivity contribution >= 4 is 18.2 Å². The molecule has 0 aromatic heterocycles. The average Bonchev–Trinajstić information content (AvgIpc) is 2.42. The lowest BCUT2D eigenvalue weighted by Gasteiger charge is -2.08. The molecular weight excluding hydrogens is 248 g/mol. The zero-order chi connectivity index (χ0) is 14.3. The number of carboxylic acid groups (broad SMARTS) is 1. The van der Waals surface area contributed by atoms with E-state index in [2.05, 4.69) is 5.32 Å². The van der Waals surface area contributed by atoms with Gasteiger partial charge in [0, 0.05) is 17.7 Å². The summed E-state index contributed by atoms with van der Waals surface area (Å²) < 4.78 is 0. The number of nitrogens with two attached hydrogens (primary N) is 1. The highest BCUT2D eigenvalue weighted by Gasteiger charge is 2.12. The minimum Gasteiger partial charge on any atom is -0.480 e. The zero-order valence-electron chi connectivity index (χ0n) is 10.3. The minimum absolute atomic E-state index is 0.283. The van der Waals surface area contributed by atoms with Crippen molar-refractivity contribution in [3.05, 3.63) is 35.4 Å². The normalized spacial score (nSPS) is 11.6. The van der Waals surface area contributed by atoms with E-state index in [1.807, 2.05) is 0 Å². The number of hydrogen-bond donors (Lipinski definition) is 3. The Morgan fingerprint density at radius 3 is 2.68 bits per heavy atom. The molecule has 0 aliphatic carbocycles. The van der Waals surface area contributed by atoms with Gasteiger partial charge in [0.15, 0.2) is 6.29 Å². The van der Waals surface area contributed by atoms with E-state index in [4.69, 9.17) is 10.8 Å². The van der Waals surface area contributed by atoms with Crippen LogP contribution in [0.4, 0.5) is 0 Å². The SMILES string of the molecule is N[C@@H](CCCNC(=O)c1ccccc1C=O)C(=O)O. The minimum atomic E-state index is -1.06. The zero-order valence-corrected chi connectivity index (χ0v) is 10.3. The molecular formula is C13H16N2O4. The molecule has 19 heavy (non-hydrogen) atoms. The summed E-state index contributed by atoms with van der Waals surface area (Å²) in [6.07, 6.45) is 1.36. The molecule has 0 aliphatic rings. The van der Waals surface area contributed by atoms with Gasteiger partial charge in [-0.1, -0.05) is 18.2 Å². The molecule has 102 valence electrons. The van der Waals surface area contributed by atoms with Crippen LogP contribution in [0.1, 0.15) is 33.6 Å². The third-order valence-corrected chi connectivity index (χ3v) is 2.63. The van der Waals surface area contributed by atoms with Crippen molar-refractivity contribution < 1.29 is 19.5 Å². The summed E-state index contributed by atoms with van der Waals surface area (Å²) in [6, 6.07) is 5.54. The van der Waals surface area contributed by atoms with E-state index in [1.54, 1.807) is 24.3 Å². The third-order valence-electron chi connectivity index (χ3n) is 2.63. The summed E-state index contributed by atoms with van der Waals surface area (Å²) in [5, 5.41) is 11.2. The maximum Gasteiger partial charge on any atom is 0.320 e. The van der Waals surface area contributed by atoms with Gasteiger partial charge >= 0.3 is 5.97 Å². The van der Waals surface area contributed by atoms with Crippen molar-refractivity contribution in [2.24, 2.45) is 5.73 Å². The summed E-state index contributed by atoms with van der Waals surface area (Å²) in [4.78, 5) is 33.0. The van der Waals surface area contributed by atoms with Crippen molar-refractivity contribution in [1.29, 1.82) is 0 Å². The van der Waals surface area contributed by atoms with Crippen molar-refractivity contribution in [2.75, 3.05) is 6.54 Å². The van der Waals surface area contributed by atoms with E-state index >= 15 is 0 Å². The van der Waals surface area contributed by atoms with Crippen LogP contribution in [-0.4, -0.2) is 35.9 Å². The molecule has 0 aliphatic heterocycles. The highest BCUT2D eigenvalue weighted by atomic mass is 16.4. The number of aliphatic carboxylic acids is 1. The van der Waals surface area contributed by atoms with E-state index in [0.29, 0.717) is 30.4 Å². The number of rotatable bonds is 7. The Morgan fingerprint density at radius 1 is 1.37 bits per heavy atom. The summed E-state index contributed by atoms with van der Waals surface area (Å²) in [5.74, 6) is -1.41. The van der Waals surface area contributed by atoms with E-state index in [9.17, 15) is 14.4 Å². The first kappa shape index (κ1) is 14.8. The molecule has 0 unspecified atom stereocenters. The van der Waals surface area contributed by atoms with Gasteiger partial charge in [0.2, 0.25) is 0 Å². The highest BCUT2D eigenvalue weighted by Crippen LogP contribution is 2.05. The van der Waals surface area contributed by atoms with Gasteiger partial charge in [-0.15, -0.1) is 0 Å². The molecule has 0 radical (unpaired) electrons. The monoisotopic (exact) mass is 264 g/mol. The molecule has 1 aromatic rings. The number of carbonyl (C=O) groups is 3. The van der Waals surface area contributed by atoms with Gasteiger partial charge in [-0.3, -0.25) is 14.4 Å². The maximum atomic E-state index is 11.8. The van der Waals surface area contributed by atoms with Crippen LogP contribution in [0.3, 0.4) is 0 Å². The predicted molar refractivity (Wildman–Crippen MR) is 69.0 cm³/mol. The number of aldehydes is 1. The topological polar surface area (TPSA) is 109 Å². The van der Waals surface area contributed by atoms with Gasteiger partial charge in [-0.25, -0.2) is 0 Å². The van der Waals surface area contributed by atoms with Crippen LogP contribution >= 0.6 is 0 Å². The summed E-state index contributed by atoms with van der Waals surface area (Å²) in [7, 11) is 0. The number of benzene rings is 1. The first-order valence-corrected chi connectivity index (χ1v) is 5.87. The van der Waals surface area contributed by atoms with Crippen LogP contribution in [0.15, 0.2) is 24.3 Å². The Balaban J connectivity index is 2.43. The fourth-order valence-electron chi connectivity index (χ4n) is 1.55. The molecule has 4 N–H and O–H groups in total. The first-order valence-electron chi connectivity index (χ1n) is 5.87. The van der Waals surface area contributed by atoms with Gasteiger partial charge in [-0.2, -0.15) is 0 Å². The maximum absolute atomic E-state index is 11.8. The molecule has 0 saturated carbocycles. The lowest BCUT2D eigenvalue weighted by Crippen LogP contribution is -2.32. The number of carboxylic acids is 1. The number of amides is 1. The van der Waals surface area contributed by atoms with E-state index in [-0.39, 0.29) is 12.3 Å². The lowest BCUT2D eigenvalue weighted by molar-refractivity contribution is -0.138. The standard InChI is InChI=1S/C13H16N2O4/c14-11(13(18)19)6-3-7-15-12(17)10-5-2-1-4-9(10)8-16/h1-2,4-5,8,11H,3,6-7,14H2,(H,15,17)(H,18,19)/t11-/m0/s1. The summed E-state index contributed by atoms with van der Waals surface area (Å²) >= 11 is 0. The van der Waals surface area contributed by atoms with E-state index in [1.165, 1.54) is 0 Å². The number of carbonyl (C=O) groups excluding carboxylic acids is 2. The Hall–Kier alpha value is -2.21. The van der Waals surface area contributed by atoms with Crippen LogP contribution in [0.5, 0.6) is 0 Å². The predicted octanol–water partition coefficient (Wildman–Crippen LogP) is 0.421. The van der Waals surface area contributed by atoms with Crippen molar-refractivity contribution in [3.63, 3.8) is 0 Å². The summed E-state index contributed by atoms with van der Waals surface area (Å²) in [6.45, 7) is 0.313. The Bertz CT molecular complexity index is 473. The quantitative estimate of drug-likeness (QED) is 0.488. The van der Waals surface area contributed by atoms with Crippen LogP contribution in [0.2, 0.25) is 0 Å². The first-order chi connectivity index (χ1) is 9.06. The fraction of sp³-hybridized carbons (Fsp3) is 0.308. The van der Waals surface area contributed by atoms with Gasteiger partial charge in [0.25, 0.3) is 5.91 Å². The molecule has 0 bridgehead atoms. The Kier molecular flexibility index (Phi) is 5.69. The van der Waals surface area contributed by atoms with Crippen molar-refractivity contribution in [2.45, 2.75) is 18.9 Å². The lowest BCUT2D eigenvalue weighted by atomic mass is 10.1. The second-order valence-electron chi connectivity index (χ2n) is 4.05. The average molecular weight is 264 g/mol. The molecule has 0 saturated heterocycles.